The van der Waals surface area contributed by atoms with Gasteiger partial charge in [0.2, 0.25) is 0 Å². The van der Waals surface area contributed by atoms with E-state index in [-0.39, 0.29) is 5.92 Å². The minimum absolute atomic E-state index is 0.318. The van der Waals surface area contributed by atoms with E-state index < -0.39 is 16.7 Å². The molecule has 1 fully saturated rings. The van der Waals surface area contributed by atoms with Gasteiger partial charge in [0.05, 0.1) is 24.3 Å². The van der Waals surface area contributed by atoms with E-state index in [0.717, 1.165) is 11.1 Å². The summed E-state index contributed by atoms with van der Waals surface area (Å²) in [5.74, 6) is -0.765. The number of nitriles is 4. The van der Waals surface area contributed by atoms with Gasteiger partial charge in [0.1, 0.15) is 0 Å². The monoisotopic (exact) mass is 310 g/mol. The summed E-state index contributed by atoms with van der Waals surface area (Å²) >= 11 is 0. The molecule has 0 N–H and O–H groups in total. The fraction of sp³-hybridized carbons (Fsp3) is 0.300. The number of hydrogen-bond acceptors (Lipinski definition) is 4. The molecule has 2 bridgehead atoms. The number of nitrogens with zero attached hydrogens (tertiary/aromatic N) is 4. The summed E-state index contributed by atoms with van der Waals surface area (Å²) in [5, 5.41) is 39.0. The Morgan fingerprint density at radius 2 is 1.50 bits per heavy atom. The minimum Gasteiger partial charge on any atom is -0.196 e. The van der Waals surface area contributed by atoms with Gasteiger partial charge in [-0.25, -0.2) is 0 Å². The van der Waals surface area contributed by atoms with Crippen LogP contribution in [0.3, 0.4) is 0 Å². The number of allylic oxidation sites excluding steroid dienone is 4. The molecule has 4 heteroatoms. The predicted molar refractivity (Wildman–Crippen MR) is 87.1 cm³/mol. The van der Waals surface area contributed by atoms with E-state index in [0.29, 0.717) is 12.8 Å². The van der Waals surface area contributed by atoms with E-state index in [1.165, 1.54) is 0 Å². The number of fused-ring (bicyclic) bond motifs is 2. The van der Waals surface area contributed by atoms with Crippen LogP contribution < -0.4 is 0 Å². The molecule has 0 unspecified atom stereocenters. The maximum Gasteiger partial charge on any atom is 0.181 e. The Morgan fingerprint density at radius 3 is 2.08 bits per heavy atom. The Hall–Kier alpha value is -3.34. The molecule has 24 heavy (non-hydrogen) atoms. The number of hydrogen-bond donors (Lipinski definition) is 0. The third kappa shape index (κ3) is 1.88. The fourth-order valence-electron chi connectivity index (χ4n) is 3.95. The molecule has 1 aromatic carbocycles. The first kappa shape index (κ1) is 15.6. The highest BCUT2D eigenvalue weighted by Crippen LogP contribution is 2.61. The van der Waals surface area contributed by atoms with Crippen LogP contribution in [0.4, 0.5) is 0 Å². The second kappa shape index (κ2) is 5.70. The third-order valence-electron chi connectivity index (χ3n) is 5.24. The van der Waals surface area contributed by atoms with Crippen LogP contribution in [0.1, 0.15) is 18.4 Å². The summed E-state index contributed by atoms with van der Waals surface area (Å²) in [6.07, 6.45) is 6.78. The Labute approximate surface area is 141 Å². The highest BCUT2D eigenvalue weighted by atomic mass is 14.7. The van der Waals surface area contributed by atoms with Crippen molar-refractivity contribution in [1.29, 1.82) is 21.0 Å². The van der Waals surface area contributed by atoms with Crippen LogP contribution in [0.5, 0.6) is 0 Å². The molecular formula is C20H14N4. The van der Waals surface area contributed by atoms with Crippen molar-refractivity contribution < 1.29 is 0 Å². The van der Waals surface area contributed by atoms with E-state index in [1.807, 2.05) is 72.8 Å². The minimum atomic E-state index is -1.65. The maximum atomic E-state index is 9.78. The molecule has 2 aliphatic carbocycles. The molecule has 0 heterocycles. The normalized spacial score (nSPS) is 25.8. The zero-order valence-corrected chi connectivity index (χ0v) is 13.0. The maximum absolute atomic E-state index is 9.78. The lowest BCUT2D eigenvalue weighted by atomic mass is 9.62. The van der Waals surface area contributed by atoms with E-state index in [2.05, 4.69) is 0 Å². The highest BCUT2D eigenvalue weighted by molar-refractivity contribution is 5.75. The van der Waals surface area contributed by atoms with Crippen LogP contribution in [-0.4, -0.2) is 0 Å². The van der Waals surface area contributed by atoms with Crippen molar-refractivity contribution >= 4 is 5.57 Å². The molecule has 3 rings (SSSR count). The van der Waals surface area contributed by atoms with Crippen LogP contribution in [0.2, 0.25) is 0 Å². The van der Waals surface area contributed by atoms with Gasteiger partial charge in [-0.15, -0.1) is 0 Å². The zero-order valence-electron chi connectivity index (χ0n) is 13.0. The van der Waals surface area contributed by atoms with Crippen molar-refractivity contribution in [3.05, 3.63) is 54.1 Å². The summed E-state index contributed by atoms with van der Waals surface area (Å²) in [7, 11) is 0. The molecule has 0 radical (unpaired) electrons. The van der Waals surface area contributed by atoms with E-state index >= 15 is 0 Å². The van der Waals surface area contributed by atoms with Crippen molar-refractivity contribution in [1.82, 2.24) is 0 Å². The van der Waals surface area contributed by atoms with Gasteiger partial charge in [-0.1, -0.05) is 48.6 Å². The van der Waals surface area contributed by atoms with E-state index in [1.54, 1.807) is 0 Å². The summed E-state index contributed by atoms with van der Waals surface area (Å²) in [5.41, 5.74) is -1.34. The molecule has 1 saturated carbocycles. The highest BCUT2D eigenvalue weighted by Gasteiger charge is 2.67. The first-order valence-electron chi connectivity index (χ1n) is 7.76. The molecule has 0 amide bonds. The summed E-state index contributed by atoms with van der Waals surface area (Å²) in [6.45, 7) is 0. The third-order valence-corrected chi connectivity index (χ3v) is 5.24. The molecule has 0 spiro atoms. The summed E-state index contributed by atoms with van der Waals surface area (Å²) < 4.78 is 0. The van der Waals surface area contributed by atoms with E-state index in [9.17, 15) is 21.0 Å². The molecule has 4 nitrogen and oxygen atoms in total. The predicted octanol–water partition coefficient (Wildman–Crippen LogP) is 3.73. The molecular weight excluding hydrogens is 296 g/mol. The lowest BCUT2D eigenvalue weighted by Crippen LogP contribution is -2.40. The molecule has 0 aliphatic heterocycles. The largest absolute Gasteiger partial charge is 0.196 e. The molecule has 2 aliphatic rings. The first-order valence-corrected chi connectivity index (χ1v) is 7.76. The van der Waals surface area contributed by atoms with Gasteiger partial charge in [0.25, 0.3) is 0 Å². The standard InChI is InChI=1S/C20H14N4/c21-11-19(12-22)17-8-4-7-16(15-5-2-1-3-6-15)9-18(10-17)20(19,13-23)14-24/h1-7,9,17-18H,8,10H2/t17-,18+/m0/s1. The van der Waals surface area contributed by atoms with Crippen molar-refractivity contribution in [2.24, 2.45) is 22.7 Å². The van der Waals surface area contributed by atoms with E-state index in [4.69, 9.17) is 0 Å². The lowest BCUT2D eigenvalue weighted by Gasteiger charge is -2.29. The van der Waals surface area contributed by atoms with Crippen molar-refractivity contribution in [3.63, 3.8) is 0 Å². The topological polar surface area (TPSA) is 95.2 Å². The van der Waals surface area contributed by atoms with Crippen molar-refractivity contribution in [2.45, 2.75) is 12.8 Å². The SMILES string of the molecule is N#CC1(C#N)[C@H]2CC=CC(c3ccccc3)=C[C@H](C2)C1(C#N)C#N. The quantitative estimate of drug-likeness (QED) is 0.789. The average Bonchev–Trinajstić information content (AvgIpc) is 2.90. The molecule has 2 atom stereocenters. The molecule has 0 aromatic heterocycles. The second-order valence-electron chi connectivity index (χ2n) is 6.23. The smallest absolute Gasteiger partial charge is 0.181 e. The van der Waals surface area contributed by atoms with Crippen LogP contribution in [0.15, 0.2) is 48.6 Å². The van der Waals surface area contributed by atoms with Crippen molar-refractivity contribution in [2.75, 3.05) is 0 Å². The van der Waals surface area contributed by atoms with Crippen LogP contribution >= 0.6 is 0 Å². The molecule has 0 saturated heterocycles. The summed E-state index contributed by atoms with van der Waals surface area (Å²) in [4.78, 5) is 0. The van der Waals surface area contributed by atoms with Crippen LogP contribution in [0, 0.1) is 68.0 Å². The fourth-order valence-corrected chi connectivity index (χ4v) is 3.95. The second-order valence-corrected chi connectivity index (χ2v) is 6.23. The first-order chi connectivity index (χ1) is 11.7. The summed E-state index contributed by atoms with van der Waals surface area (Å²) in [6, 6.07) is 17.9. The average molecular weight is 310 g/mol. The lowest BCUT2D eigenvalue weighted by molar-refractivity contribution is 0.266. The van der Waals surface area contributed by atoms with Gasteiger partial charge in [0, 0.05) is 5.92 Å². The van der Waals surface area contributed by atoms with Crippen LogP contribution in [-0.2, 0) is 0 Å². The van der Waals surface area contributed by atoms with Gasteiger partial charge in [-0.2, -0.15) is 21.0 Å². The number of benzene rings is 1. The van der Waals surface area contributed by atoms with Gasteiger partial charge in [-0.05, 0) is 29.9 Å². The Bertz CT molecular complexity index is 853. The van der Waals surface area contributed by atoms with Crippen molar-refractivity contribution in [3.8, 4) is 24.3 Å². The van der Waals surface area contributed by atoms with Gasteiger partial charge >= 0.3 is 0 Å². The zero-order chi connectivity index (χ0) is 17.2. The Morgan fingerprint density at radius 1 is 0.875 bits per heavy atom. The van der Waals surface area contributed by atoms with Gasteiger partial charge in [0.15, 0.2) is 10.8 Å². The Kier molecular flexibility index (Phi) is 3.69. The molecule has 114 valence electrons. The number of rotatable bonds is 1. The van der Waals surface area contributed by atoms with Gasteiger partial charge < -0.3 is 0 Å². The molecule has 1 aromatic rings. The Balaban J connectivity index is 2.21. The van der Waals surface area contributed by atoms with Gasteiger partial charge in [-0.3, -0.25) is 0 Å². The van der Waals surface area contributed by atoms with Crippen LogP contribution in [0.25, 0.3) is 5.57 Å².